The average Bonchev–Trinajstić information content (AvgIpc) is 2.37. The van der Waals surface area contributed by atoms with Crippen molar-refractivity contribution in [3.05, 3.63) is 29.8 Å². The second-order valence-electron chi connectivity index (χ2n) is 4.30. The van der Waals surface area contributed by atoms with Crippen molar-refractivity contribution < 1.29 is 19.7 Å². The summed E-state index contributed by atoms with van der Waals surface area (Å²) in [7, 11) is 0. The summed E-state index contributed by atoms with van der Waals surface area (Å²) in [4.78, 5) is 11.7. The van der Waals surface area contributed by atoms with Crippen LogP contribution in [0, 0.1) is 0 Å². The smallest absolute Gasteiger partial charge is 0.251 e. The topological polar surface area (TPSA) is 78.8 Å². The number of amides is 1. The molecule has 0 radical (unpaired) electrons. The Morgan fingerprint density at radius 1 is 1.39 bits per heavy atom. The molecule has 1 atom stereocenters. The van der Waals surface area contributed by atoms with Crippen LogP contribution in [0.1, 0.15) is 24.2 Å². The van der Waals surface area contributed by atoms with E-state index in [9.17, 15) is 9.90 Å². The van der Waals surface area contributed by atoms with Gasteiger partial charge in [0.2, 0.25) is 0 Å². The summed E-state index contributed by atoms with van der Waals surface area (Å²) < 4.78 is 5.27. The van der Waals surface area contributed by atoms with Gasteiger partial charge in [-0.1, -0.05) is 0 Å². The first-order valence-corrected chi connectivity index (χ1v) is 5.83. The summed E-state index contributed by atoms with van der Waals surface area (Å²) in [6.45, 7) is 3.50. The number of hydrogen-bond donors (Lipinski definition) is 3. The number of benzene rings is 1. The normalized spacial score (nSPS) is 13.8. The molecule has 0 saturated carbocycles. The van der Waals surface area contributed by atoms with Gasteiger partial charge in [-0.25, -0.2) is 0 Å². The molecule has 1 amide bonds. The third kappa shape index (κ3) is 4.35. The first-order chi connectivity index (χ1) is 8.48. The van der Waals surface area contributed by atoms with Crippen molar-refractivity contribution in [3.63, 3.8) is 0 Å². The predicted octanol–water partition coefficient (Wildman–Crippen LogP) is 0.558. The molecule has 1 aromatic carbocycles. The molecule has 0 saturated heterocycles. The Morgan fingerprint density at radius 2 is 2.00 bits per heavy atom. The lowest BCUT2D eigenvalue weighted by Gasteiger charge is -2.20. The molecule has 0 aliphatic carbocycles. The first-order valence-electron chi connectivity index (χ1n) is 5.83. The zero-order chi connectivity index (χ0) is 13.6. The minimum atomic E-state index is -1.30. The minimum absolute atomic E-state index is 0.00442. The molecule has 18 heavy (non-hydrogen) atoms. The van der Waals surface area contributed by atoms with Crippen LogP contribution in [-0.4, -0.2) is 41.5 Å². The van der Waals surface area contributed by atoms with Gasteiger partial charge in [0.1, 0.15) is 11.4 Å². The van der Waals surface area contributed by atoms with Gasteiger partial charge in [-0.05, 0) is 38.1 Å². The molecular weight excluding hydrogens is 234 g/mol. The highest BCUT2D eigenvalue weighted by Crippen LogP contribution is 2.12. The number of nitrogens with one attached hydrogen (secondary N) is 1. The zero-order valence-electron chi connectivity index (χ0n) is 10.6. The monoisotopic (exact) mass is 253 g/mol. The summed E-state index contributed by atoms with van der Waals surface area (Å²) >= 11 is 0. The molecule has 1 unspecified atom stereocenters. The molecule has 3 N–H and O–H groups in total. The van der Waals surface area contributed by atoms with Gasteiger partial charge in [-0.2, -0.15) is 0 Å². The molecule has 0 fully saturated rings. The van der Waals surface area contributed by atoms with E-state index in [2.05, 4.69) is 5.32 Å². The van der Waals surface area contributed by atoms with Gasteiger partial charge in [0.05, 0.1) is 13.2 Å². The van der Waals surface area contributed by atoms with Crippen molar-refractivity contribution >= 4 is 5.91 Å². The molecule has 1 aromatic rings. The van der Waals surface area contributed by atoms with Crippen LogP contribution in [0.2, 0.25) is 0 Å². The summed E-state index contributed by atoms with van der Waals surface area (Å²) in [6.07, 6.45) is 0. The van der Waals surface area contributed by atoms with Crippen LogP contribution >= 0.6 is 0 Å². The number of rotatable bonds is 6. The molecule has 1 rings (SSSR count). The van der Waals surface area contributed by atoms with Gasteiger partial charge in [-0.3, -0.25) is 4.79 Å². The van der Waals surface area contributed by atoms with Crippen molar-refractivity contribution in [2.24, 2.45) is 0 Å². The van der Waals surface area contributed by atoms with E-state index in [0.717, 1.165) is 0 Å². The van der Waals surface area contributed by atoms with Crippen molar-refractivity contribution in [2.75, 3.05) is 19.8 Å². The molecule has 0 aliphatic rings. The summed E-state index contributed by atoms with van der Waals surface area (Å²) in [5.74, 6) is 0.406. The van der Waals surface area contributed by atoms with Crippen molar-refractivity contribution in [1.82, 2.24) is 5.32 Å². The lowest BCUT2D eigenvalue weighted by Crippen LogP contribution is -2.43. The Morgan fingerprint density at radius 3 is 2.50 bits per heavy atom. The van der Waals surface area contributed by atoms with Gasteiger partial charge in [-0.15, -0.1) is 0 Å². The maximum atomic E-state index is 11.7. The minimum Gasteiger partial charge on any atom is -0.494 e. The standard InChI is InChI=1S/C13H19NO4/c1-3-18-11-6-4-10(5-7-11)12(16)14-8-13(2,17)9-15/h4-7,15,17H,3,8-9H2,1-2H3,(H,14,16). The van der Waals surface area contributed by atoms with E-state index in [1.807, 2.05) is 6.92 Å². The fraction of sp³-hybridized carbons (Fsp3) is 0.462. The van der Waals surface area contributed by atoms with Crippen LogP contribution in [0.5, 0.6) is 5.75 Å². The molecule has 5 nitrogen and oxygen atoms in total. The van der Waals surface area contributed by atoms with Crippen LogP contribution < -0.4 is 10.1 Å². The van der Waals surface area contributed by atoms with E-state index < -0.39 is 12.2 Å². The van der Waals surface area contributed by atoms with Crippen molar-refractivity contribution in [1.29, 1.82) is 0 Å². The molecule has 0 aliphatic heterocycles. The number of hydrogen-bond acceptors (Lipinski definition) is 4. The van der Waals surface area contributed by atoms with Crippen LogP contribution in [0.15, 0.2) is 24.3 Å². The number of aliphatic hydroxyl groups is 2. The average molecular weight is 253 g/mol. The predicted molar refractivity (Wildman–Crippen MR) is 67.7 cm³/mol. The van der Waals surface area contributed by atoms with Crippen molar-refractivity contribution in [2.45, 2.75) is 19.4 Å². The summed E-state index contributed by atoms with van der Waals surface area (Å²) in [5.41, 5.74) is -0.826. The second-order valence-corrected chi connectivity index (χ2v) is 4.30. The summed E-state index contributed by atoms with van der Waals surface area (Å²) in [6, 6.07) is 6.72. The molecule has 0 spiro atoms. The largest absolute Gasteiger partial charge is 0.494 e. The Bertz CT molecular complexity index is 386. The van der Waals surface area contributed by atoms with Crippen LogP contribution in [0.25, 0.3) is 0 Å². The van der Waals surface area contributed by atoms with E-state index >= 15 is 0 Å². The van der Waals surface area contributed by atoms with Crippen LogP contribution in [0.3, 0.4) is 0 Å². The highest BCUT2D eigenvalue weighted by Gasteiger charge is 2.20. The van der Waals surface area contributed by atoms with Gasteiger partial charge in [0.15, 0.2) is 0 Å². The lowest BCUT2D eigenvalue weighted by molar-refractivity contribution is 0.00320. The van der Waals surface area contributed by atoms with Gasteiger partial charge in [0, 0.05) is 12.1 Å². The van der Waals surface area contributed by atoms with E-state index in [4.69, 9.17) is 9.84 Å². The second kappa shape index (κ2) is 6.37. The highest BCUT2D eigenvalue weighted by molar-refractivity contribution is 5.94. The van der Waals surface area contributed by atoms with Crippen LogP contribution in [0.4, 0.5) is 0 Å². The number of aliphatic hydroxyl groups excluding tert-OH is 1. The Labute approximate surface area is 106 Å². The van der Waals surface area contributed by atoms with E-state index in [0.29, 0.717) is 17.9 Å². The summed E-state index contributed by atoms with van der Waals surface area (Å²) in [5, 5.41) is 21.0. The molecule has 5 heteroatoms. The first kappa shape index (κ1) is 14.5. The fourth-order valence-electron chi connectivity index (χ4n) is 1.30. The number of ether oxygens (including phenoxy) is 1. The van der Waals surface area contributed by atoms with E-state index in [1.54, 1.807) is 24.3 Å². The number of carbonyl (C=O) groups excluding carboxylic acids is 1. The van der Waals surface area contributed by atoms with Gasteiger partial charge < -0.3 is 20.3 Å². The molecule has 100 valence electrons. The fourth-order valence-corrected chi connectivity index (χ4v) is 1.30. The highest BCUT2D eigenvalue weighted by atomic mass is 16.5. The Balaban J connectivity index is 2.56. The number of carbonyl (C=O) groups is 1. The molecule has 0 heterocycles. The Kier molecular flexibility index (Phi) is 5.12. The van der Waals surface area contributed by atoms with Gasteiger partial charge in [0.25, 0.3) is 5.91 Å². The van der Waals surface area contributed by atoms with Gasteiger partial charge >= 0.3 is 0 Å². The maximum absolute atomic E-state index is 11.7. The third-order valence-electron chi connectivity index (χ3n) is 2.40. The van der Waals surface area contributed by atoms with E-state index in [-0.39, 0.29) is 12.5 Å². The lowest BCUT2D eigenvalue weighted by atomic mass is 10.1. The van der Waals surface area contributed by atoms with Crippen molar-refractivity contribution in [3.8, 4) is 5.75 Å². The molecule has 0 aromatic heterocycles. The quantitative estimate of drug-likeness (QED) is 0.692. The Hall–Kier alpha value is -1.59. The molecular formula is C13H19NO4. The van der Waals surface area contributed by atoms with E-state index in [1.165, 1.54) is 6.92 Å². The van der Waals surface area contributed by atoms with Crippen LogP contribution in [-0.2, 0) is 0 Å². The zero-order valence-corrected chi connectivity index (χ0v) is 10.6. The maximum Gasteiger partial charge on any atom is 0.251 e. The third-order valence-corrected chi connectivity index (χ3v) is 2.40. The molecule has 0 bridgehead atoms. The SMILES string of the molecule is CCOc1ccc(C(=O)NCC(C)(O)CO)cc1.